The van der Waals surface area contributed by atoms with Crippen LogP contribution < -0.4 is 4.74 Å². The Morgan fingerprint density at radius 2 is 2.00 bits per heavy atom. The second-order valence-electron chi connectivity index (χ2n) is 5.50. The van der Waals surface area contributed by atoms with Crippen LogP contribution in [0.4, 0.5) is 0 Å². The quantitative estimate of drug-likeness (QED) is 0.904. The topological polar surface area (TPSA) is 65.0 Å². The highest BCUT2D eigenvalue weighted by molar-refractivity contribution is 5.90. The Morgan fingerprint density at radius 1 is 1.33 bits per heavy atom. The number of rotatable bonds is 5. The lowest BCUT2D eigenvalue weighted by Crippen LogP contribution is -2.33. The van der Waals surface area contributed by atoms with E-state index in [-0.39, 0.29) is 23.9 Å². The standard InChI is InChI=1S/C16H22O5/c1-10-6-13(7-11(2)21-10)20-9-12-4-5-14(16(17)18)15(8-12)19-3/h4-5,8,10-11,13H,6-7,9H2,1-3H3,(H,17,18). The number of carboxylic acids is 1. The van der Waals surface area contributed by atoms with Crippen LogP contribution in [0.25, 0.3) is 0 Å². The minimum Gasteiger partial charge on any atom is -0.496 e. The van der Waals surface area contributed by atoms with Gasteiger partial charge in [0.25, 0.3) is 0 Å². The zero-order valence-corrected chi connectivity index (χ0v) is 12.7. The van der Waals surface area contributed by atoms with Gasteiger partial charge in [-0.3, -0.25) is 0 Å². The lowest BCUT2D eigenvalue weighted by Gasteiger charge is -2.32. The lowest BCUT2D eigenvalue weighted by atomic mass is 10.0. The Bertz CT molecular complexity index is 489. The maximum Gasteiger partial charge on any atom is 0.339 e. The van der Waals surface area contributed by atoms with Crippen molar-refractivity contribution in [3.05, 3.63) is 29.3 Å². The molecule has 0 amide bonds. The van der Waals surface area contributed by atoms with Gasteiger partial charge >= 0.3 is 5.97 Å². The van der Waals surface area contributed by atoms with Crippen molar-refractivity contribution in [3.63, 3.8) is 0 Å². The van der Waals surface area contributed by atoms with Gasteiger partial charge in [0.05, 0.1) is 32.0 Å². The van der Waals surface area contributed by atoms with Gasteiger partial charge in [0, 0.05) is 0 Å². The molecule has 0 saturated carbocycles. The number of aromatic carboxylic acids is 1. The van der Waals surface area contributed by atoms with Gasteiger partial charge in [-0.1, -0.05) is 6.07 Å². The number of hydrogen-bond acceptors (Lipinski definition) is 4. The first-order valence-corrected chi connectivity index (χ1v) is 7.17. The molecule has 0 bridgehead atoms. The van der Waals surface area contributed by atoms with Crippen molar-refractivity contribution in [1.82, 2.24) is 0 Å². The first-order valence-electron chi connectivity index (χ1n) is 7.17. The van der Waals surface area contributed by atoms with Crippen LogP contribution in [0.15, 0.2) is 18.2 Å². The minimum absolute atomic E-state index is 0.162. The third kappa shape index (κ3) is 4.19. The van der Waals surface area contributed by atoms with E-state index in [4.69, 9.17) is 19.3 Å². The summed E-state index contributed by atoms with van der Waals surface area (Å²) in [6.45, 7) is 4.55. The second kappa shape index (κ2) is 6.91. The summed E-state index contributed by atoms with van der Waals surface area (Å²) < 4.78 is 16.7. The molecule has 0 radical (unpaired) electrons. The van der Waals surface area contributed by atoms with Gasteiger partial charge in [0.15, 0.2) is 0 Å². The van der Waals surface area contributed by atoms with E-state index in [9.17, 15) is 4.79 Å². The molecule has 0 spiro atoms. The summed E-state index contributed by atoms with van der Waals surface area (Å²) in [5.74, 6) is -0.635. The van der Waals surface area contributed by atoms with E-state index in [0.717, 1.165) is 18.4 Å². The molecule has 1 saturated heterocycles. The summed E-state index contributed by atoms with van der Waals surface area (Å²) in [6, 6.07) is 5.03. The van der Waals surface area contributed by atoms with Crippen molar-refractivity contribution < 1.29 is 24.1 Å². The molecule has 2 atom stereocenters. The van der Waals surface area contributed by atoms with Crippen LogP contribution in [0, 0.1) is 0 Å². The Balaban J connectivity index is 1.98. The molecule has 0 aliphatic carbocycles. The van der Waals surface area contributed by atoms with E-state index >= 15 is 0 Å². The van der Waals surface area contributed by atoms with E-state index < -0.39 is 5.97 Å². The largest absolute Gasteiger partial charge is 0.496 e. The summed E-state index contributed by atoms with van der Waals surface area (Å²) in [7, 11) is 1.47. The van der Waals surface area contributed by atoms with Crippen molar-refractivity contribution in [2.24, 2.45) is 0 Å². The fraction of sp³-hybridized carbons (Fsp3) is 0.562. The van der Waals surface area contributed by atoms with Gasteiger partial charge in [0.1, 0.15) is 11.3 Å². The van der Waals surface area contributed by atoms with Crippen LogP contribution >= 0.6 is 0 Å². The Hall–Kier alpha value is -1.59. The molecule has 1 aliphatic rings. The van der Waals surface area contributed by atoms with E-state index in [1.54, 1.807) is 18.2 Å². The van der Waals surface area contributed by atoms with Crippen LogP contribution in [-0.2, 0) is 16.1 Å². The Labute approximate surface area is 124 Å². The van der Waals surface area contributed by atoms with Crippen molar-refractivity contribution in [1.29, 1.82) is 0 Å². The molecule has 2 unspecified atom stereocenters. The number of hydrogen-bond donors (Lipinski definition) is 1. The Kier molecular flexibility index (Phi) is 5.20. The lowest BCUT2D eigenvalue weighted by molar-refractivity contribution is -0.106. The average Bonchev–Trinajstić information content (AvgIpc) is 2.43. The van der Waals surface area contributed by atoms with Gasteiger partial charge in [0.2, 0.25) is 0 Å². The summed E-state index contributed by atoms with van der Waals surface area (Å²) in [5, 5.41) is 9.05. The fourth-order valence-electron chi connectivity index (χ4n) is 2.70. The molecule has 1 N–H and O–H groups in total. The molecule has 1 aliphatic heterocycles. The van der Waals surface area contributed by atoms with Crippen LogP contribution in [0.5, 0.6) is 5.75 Å². The van der Waals surface area contributed by atoms with E-state index in [1.165, 1.54) is 7.11 Å². The van der Waals surface area contributed by atoms with Crippen LogP contribution in [0.3, 0.4) is 0 Å². The first kappa shape index (κ1) is 15.8. The molecule has 21 heavy (non-hydrogen) atoms. The number of ether oxygens (including phenoxy) is 3. The minimum atomic E-state index is -0.994. The van der Waals surface area contributed by atoms with Crippen LogP contribution in [0.2, 0.25) is 0 Å². The zero-order chi connectivity index (χ0) is 15.4. The normalized spacial score (nSPS) is 25.6. The van der Waals surface area contributed by atoms with E-state index in [0.29, 0.717) is 12.4 Å². The first-order chi connectivity index (χ1) is 9.99. The summed E-state index contributed by atoms with van der Waals surface area (Å²) in [4.78, 5) is 11.0. The molecule has 1 aromatic carbocycles. The monoisotopic (exact) mass is 294 g/mol. The fourth-order valence-corrected chi connectivity index (χ4v) is 2.70. The molecule has 1 fully saturated rings. The van der Waals surface area contributed by atoms with E-state index in [1.807, 2.05) is 0 Å². The molecule has 5 nitrogen and oxygen atoms in total. The molecule has 2 rings (SSSR count). The van der Waals surface area contributed by atoms with Crippen molar-refractivity contribution in [2.75, 3.05) is 7.11 Å². The summed E-state index contributed by atoms with van der Waals surface area (Å²) >= 11 is 0. The highest BCUT2D eigenvalue weighted by atomic mass is 16.5. The van der Waals surface area contributed by atoms with Gasteiger partial charge in [-0.2, -0.15) is 0 Å². The third-order valence-electron chi connectivity index (χ3n) is 3.64. The maximum atomic E-state index is 11.0. The molecule has 0 aromatic heterocycles. The van der Waals surface area contributed by atoms with E-state index in [2.05, 4.69) is 13.8 Å². The number of carbonyl (C=O) groups is 1. The predicted octanol–water partition coefficient (Wildman–Crippen LogP) is 2.87. The summed E-state index contributed by atoms with van der Waals surface area (Å²) in [5.41, 5.74) is 1.07. The van der Waals surface area contributed by atoms with Gasteiger partial charge in [-0.15, -0.1) is 0 Å². The third-order valence-corrected chi connectivity index (χ3v) is 3.64. The molecule has 116 valence electrons. The predicted molar refractivity (Wildman–Crippen MR) is 77.8 cm³/mol. The number of benzene rings is 1. The highest BCUT2D eigenvalue weighted by Crippen LogP contribution is 2.24. The van der Waals surface area contributed by atoms with Crippen molar-refractivity contribution in [2.45, 2.75) is 51.6 Å². The second-order valence-corrected chi connectivity index (χ2v) is 5.50. The number of methoxy groups -OCH3 is 1. The van der Waals surface area contributed by atoms with Gasteiger partial charge in [-0.25, -0.2) is 4.79 Å². The zero-order valence-electron chi connectivity index (χ0n) is 12.7. The molecule has 1 heterocycles. The van der Waals surface area contributed by atoms with Crippen LogP contribution in [0.1, 0.15) is 42.6 Å². The van der Waals surface area contributed by atoms with Crippen molar-refractivity contribution in [3.8, 4) is 5.75 Å². The van der Waals surface area contributed by atoms with Gasteiger partial charge in [-0.05, 0) is 44.4 Å². The Morgan fingerprint density at radius 3 is 2.57 bits per heavy atom. The summed E-state index contributed by atoms with van der Waals surface area (Å²) in [6.07, 6.45) is 2.36. The molecule has 5 heteroatoms. The maximum absolute atomic E-state index is 11.0. The van der Waals surface area contributed by atoms with Gasteiger partial charge < -0.3 is 19.3 Å². The average molecular weight is 294 g/mol. The van der Waals surface area contributed by atoms with Crippen molar-refractivity contribution >= 4 is 5.97 Å². The van der Waals surface area contributed by atoms with Crippen LogP contribution in [-0.4, -0.2) is 36.5 Å². The molecular weight excluding hydrogens is 272 g/mol. The number of carboxylic acid groups (broad SMARTS) is 1. The molecule has 1 aromatic rings. The SMILES string of the molecule is COc1cc(COC2CC(C)OC(C)C2)ccc1C(=O)O. The molecular formula is C16H22O5. The highest BCUT2D eigenvalue weighted by Gasteiger charge is 2.25. The smallest absolute Gasteiger partial charge is 0.339 e.